The Hall–Kier alpha value is -2.96. The van der Waals surface area contributed by atoms with Crippen molar-refractivity contribution in [2.45, 2.75) is 104 Å². The van der Waals surface area contributed by atoms with Gasteiger partial charge in [0.1, 0.15) is 0 Å². The number of hydrogen-bond donors (Lipinski definition) is 2. The maximum atomic E-state index is 12.3. The van der Waals surface area contributed by atoms with E-state index in [9.17, 15) is 14.7 Å². The second kappa shape index (κ2) is 18.9. The molecule has 0 heterocycles. The third-order valence-corrected chi connectivity index (χ3v) is 9.52. The minimum atomic E-state index is -0.958. The van der Waals surface area contributed by atoms with Gasteiger partial charge in [0, 0.05) is 0 Å². The molecule has 0 aliphatic heterocycles. The highest BCUT2D eigenvalue weighted by molar-refractivity contribution is 5.87. The lowest BCUT2D eigenvalue weighted by Crippen LogP contribution is -2.30. The number of unbranched alkanes of at least 4 members (excludes halogenated alkanes) is 2. The van der Waals surface area contributed by atoms with Crippen molar-refractivity contribution >= 4 is 11.9 Å². The summed E-state index contributed by atoms with van der Waals surface area (Å²) in [6, 6.07) is 17.3. The zero-order chi connectivity index (χ0) is 32.7. The molecule has 2 aromatic carbocycles. The van der Waals surface area contributed by atoms with Gasteiger partial charge in [-0.1, -0.05) is 113 Å². The van der Waals surface area contributed by atoms with Crippen molar-refractivity contribution in [3.63, 3.8) is 0 Å². The molecule has 1 aliphatic carbocycles. The van der Waals surface area contributed by atoms with E-state index in [1.165, 1.54) is 68.9 Å². The van der Waals surface area contributed by atoms with Gasteiger partial charge in [-0.15, -0.1) is 0 Å². The molecule has 6 heteroatoms. The number of carbonyl (C=O) groups is 2. The Morgan fingerprint density at radius 3 is 1.96 bits per heavy atom. The van der Waals surface area contributed by atoms with E-state index in [0.717, 1.165) is 29.4 Å². The fraction of sp³-hybridized carbons (Fsp3) is 0.590. The first-order valence-corrected chi connectivity index (χ1v) is 17.1. The summed E-state index contributed by atoms with van der Waals surface area (Å²) in [5, 5.41) is 18.6. The molecule has 6 nitrogen and oxygen atoms in total. The monoisotopic (exact) mass is 620 g/mol. The third kappa shape index (κ3) is 12.1. The quantitative estimate of drug-likeness (QED) is 0.0935. The maximum Gasteiger partial charge on any atom is 0.335 e. The molecule has 2 N–H and O–H groups in total. The lowest BCUT2D eigenvalue weighted by atomic mass is 9.78. The fourth-order valence-corrected chi connectivity index (χ4v) is 6.17. The summed E-state index contributed by atoms with van der Waals surface area (Å²) in [5.74, 6) is 0.752. The topological polar surface area (TPSA) is 93.1 Å². The molecule has 45 heavy (non-hydrogen) atoms. The van der Waals surface area contributed by atoms with Crippen LogP contribution in [0.2, 0.25) is 0 Å². The van der Waals surface area contributed by atoms with Crippen molar-refractivity contribution in [2.75, 3.05) is 26.4 Å². The summed E-state index contributed by atoms with van der Waals surface area (Å²) in [7, 11) is 0. The van der Waals surface area contributed by atoms with Crippen LogP contribution in [0.4, 0.5) is 0 Å². The molecular formula is C39H56O6. The molecule has 1 fully saturated rings. The first-order valence-electron chi connectivity index (χ1n) is 17.1. The van der Waals surface area contributed by atoms with E-state index in [1.807, 2.05) is 0 Å². The second-order valence-corrected chi connectivity index (χ2v) is 13.6. The lowest BCUT2D eigenvalue weighted by molar-refractivity contribution is -0.156. The van der Waals surface area contributed by atoms with Gasteiger partial charge < -0.3 is 19.7 Å². The molecule has 0 spiro atoms. The van der Waals surface area contributed by atoms with Crippen molar-refractivity contribution in [3.8, 4) is 11.1 Å². The van der Waals surface area contributed by atoms with Crippen molar-refractivity contribution in [2.24, 2.45) is 17.3 Å². The molecule has 1 aliphatic rings. The van der Waals surface area contributed by atoms with Crippen LogP contribution in [-0.2, 0) is 25.5 Å². The standard InChI is InChI=1S/C39H56O6/c1-5-6-7-8-30-9-11-31(12-10-30)13-14-32-15-17-33(18-16-32)34-19-21-35(22-20-34)36(23-25-44-37(42)29(2)27-40)24-26-45-38(43)39(3,4)28-41/h15-22,30-31,36,40-41H,2,5-14,23-28H2,1,3-4H3. The largest absolute Gasteiger partial charge is 0.465 e. The highest BCUT2D eigenvalue weighted by Gasteiger charge is 2.28. The van der Waals surface area contributed by atoms with Crippen LogP contribution < -0.4 is 0 Å². The summed E-state index contributed by atoms with van der Waals surface area (Å²) in [6.07, 6.45) is 14.7. The zero-order valence-electron chi connectivity index (χ0n) is 27.9. The molecule has 0 bridgehead atoms. The van der Waals surface area contributed by atoms with Crippen LogP contribution in [0, 0.1) is 17.3 Å². The Bertz CT molecular complexity index is 1180. The number of carbonyl (C=O) groups excluding carboxylic acids is 2. The van der Waals surface area contributed by atoms with Gasteiger partial charge in [-0.05, 0) is 79.5 Å². The number of rotatable bonds is 19. The molecule has 1 saturated carbocycles. The summed E-state index contributed by atoms with van der Waals surface area (Å²) >= 11 is 0. The van der Waals surface area contributed by atoms with Gasteiger partial charge in [-0.3, -0.25) is 4.79 Å². The number of ether oxygens (including phenoxy) is 2. The average Bonchev–Trinajstić information content (AvgIpc) is 3.07. The number of hydrogen-bond acceptors (Lipinski definition) is 6. The Kier molecular flexibility index (Phi) is 15.3. The third-order valence-electron chi connectivity index (χ3n) is 9.52. The van der Waals surface area contributed by atoms with Gasteiger partial charge in [-0.2, -0.15) is 0 Å². The number of aliphatic hydroxyl groups is 2. The van der Waals surface area contributed by atoms with Crippen LogP contribution in [0.15, 0.2) is 60.7 Å². The van der Waals surface area contributed by atoms with E-state index in [1.54, 1.807) is 13.8 Å². The molecule has 248 valence electrons. The van der Waals surface area contributed by atoms with Gasteiger partial charge in [0.25, 0.3) is 0 Å². The van der Waals surface area contributed by atoms with Crippen molar-refractivity contribution < 1.29 is 29.3 Å². The van der Waals surface area contributed by atoms with Crippen LogP contribution in [-0.4, -0.2) is 48.6 Å². The number of aryl methyl sites for hydroxylation is 1. The van der Waals surface area contributed by atoms with Crippen LogP contribution >= 0.6 is 0 Å². The van der Waals surface area contributed by atoms with Crippen molar-refractivity contribution in [1.82, 2.24) is 0 Å². The van der Waals surface area contributed by atoms with Gasteiger partial charge >= 0.3 is 11.9 Å². The molecular weight excluding hydrogens is 564 g/mol. The molecule has 0 saturated heterocycles. The first-order chi connectivity index (χ1) is 21.7. The summed E-state index contributed by atoms with van der Waals surface area (Å²) in [6.45, 7) is 8.70. The van der Waals surface area contributed by atoms with E-state index < -0.39 is 24.0 Å². The molecule has 3 rings (SSSR count). The Labute approximate surface area is 271 Å². The Morgan fingerprint density at radius 1 is 0.844 bits per heavy atom. The molecule has 0 aromatic heterocycles. The average molecular weight is 621 g/mol. The highest BCUT2D eigenvalue weighted by atomic mass is 16.5. The van der Waals surface area contributed by atoms with Gasteiger partial charge in [-0.25, -0.2) is 4.79 Å². The number of esters is 2. The molecule has 2 aromatic rings. The lowest BCUT2D eigenvalue weighted by Gasteiger charge is -2.28. The zero-order valence-corrected chi connectivity index (χ0v) is 27.9. The smallest absolute Gasteiger partial charge is 0.335 e. The van der Waals surface area contributed by atoms with Crippen molar-refractivity contribution in [3.05, 3.63) is 71.8 Å². The van der Waals surface area contributed by atoms with Gasteiger partial charge in [0.15, 0.2) is 0 Å². The SMILES string of the molecule is C=C(CO)C(=O)OCCC(CCOC(=O)C(C)(C)CO)c1ccc(-c2ccc(CCC3CCC(CCCCC)CC3)cc2)cc1. The van der Waals surface area contributed by atoms with E-state index in [-0.39, 0.29) is 31.3 Å². The maximum absolute atomic E-state index is 12.3. The summed E-state index contributed by atoms with van der Waals surface area (Å²) in [5.41, 5.74) is 3.82. The van der Waals surface area contributed by atoms with E-state index >= 15 is 0 Å². The minimum Gasteiger partial charge on any atom is -0.465 e. The van der Waals surface area contributed by atoms with Crippen LogP contribution in [0.25, 0.3) is 11.1 Å². The van der Waals surface area contributed by atoms with E-state index in [4.69, 9.17) is 14.6 Å². The number of benzene rings is 2. The predicted octanol–water partition coefficient (Wildman–Crippen LogP) is 8.19. The second-order valence-electron chi connectivity index (χ2n) is 13.6. The number of aliphatic hydroxyl groups excluding tert-OH is 2. The Morgan fingerprint density at radius 2 is 1.40 bits per heavy atom. The van der Waals surface area contributed by atoms with Gasteiger partial charge in [0.05, 0.1) is 37.4 Å². The van der Waals surface area contributed by atoms with Crippen LogP contribution in [0.3, 0.4) is 0 Å². The molecule has 0 radical (unpaired) electrons. The minimum absolute atomic E-state index is 0.0161. The predicted molar refractivity (Wildman–Crippen MR) is 181 cm³/mol. The van der Waals surface area contributed by atoms with Crippen molar-refractivity contribution in [1.29, 1.82) is 0 Å². The summed E-state index contributed by atoms with van der Waals surface area (Å²) in [4.78, 5) is 24.3. The Balaban J connectivity index is 1.55. The summed E-state index contributed by atoms with van der Waals surface area (Å²) < 4.78 is 10.8. The van der Waals surface area contributed by atoms with Crippen LogP contribution in [0.1, 0.15) is 108 Å². The fourth-order valence-electron chi connectivity index (χ4n) is 6.17. The van der Waals surface area contributed by atoms with E-state index in [0.29, 0.717) is 12.8 Å². The highest BCUT2D eigenvalue weighted by Crippen LogP contribution is 2.34. The van der Waals surface area contributed by atoms with Crippen LogP contribution in [0.5, 0.6) is 0 Å². The van der Waals surface area contributed by atoms with Gasteiger partial charge in [0.2, 0.25) is 0 Å². The van der Waals surface area contributed by atoms with E-state index in [2.05, 4.69) is 62.0 Å². The molecule has 1 unspecified atom stereocenters. The normalized spacial score (nSPS) is 17.4. The molecule has 1 atom stereocenters. The molecule has 0 amide bonds. The first kappa shape index (κ1) is 36.5.